The average molecular weight is 537 g/mol. The summed E-state index contributed by atoms with van der Waals surface area (Å²) in [6.45, 7) is 4.34. The number of hydrogen-bond donors (Lipinski definition) is 2. The Hall–Kier alpha value is -2.62. The van der Waals surface area contributed by atoms with Crippen molar-refractivity contribution in [3.63, 3.8) is 0 Å². The van der Waals surface area contributed by atoms with Crippen molar-refractivity contribution in [3.8, 4) is 0 Å². The van der Waals surface area contributed by atoms with Crippen molar-refractivity contribution in [1.82, 2.24) is 15.1 Å². The number of benzene rings is 1. The van der Waals surface area contributed by atoms with Gasteiger partial charge in [-0.05, 0) is 51.0 Å². The van der Waals surface area contributed by atoms with Gasteiger partial charge < -0.3 is 10.0 Å². The summed E-state index contributed by atoms with van der Waals surface area (Å²) >= 11 is 0. The van der Waals surface area contributed by atoms with Crippen LogP contribution in [-0.2, 0) is 11.3 Å². The fraction of sp³-hybridized carbons (Fsp3) is 0.679. The standard InChI is InChI=1S/C26H38N4O.C2HF3O2/c1-20-18-26(16-17-29(20)19-21-10-4-2-5-11-21)24(27-22-12-6-3-7-13-22)28-25(31)30(26)23-14-8-9-15-23;3-2(4,5)1(6)7/h2,4-5,10-11,20,22-23H,3,6-9,12-19H2,1H3,(H,27,28,31);(H,6,7)/t20-,26+;/m1./s1. The number of nitrogens with zero attached hydrogens (tertiary/aromatic N) is 3. The molecular weight excluding hydrogens is 497 g/mol. The Balaban J connectivity index is 0.000000426. The van der Waals surface area contributed by atoms with Gasteiger partial charge in [0, 0.05) is 25.2 Å². The maximum atomic E-state index is 13.3. The summed E-state index contributed by atoms with van der Waals surface area (Å²) in [6.07, 6.45) is 7.91. The molecule has 1 aromatic carbocycles. The topological polar surface area (TPSA) is 85.2 Å². The van der Waals surface area contributed by atoms with Crippen LogP contribution in [0.4, 0.5) is 18.0 Å². The molecule has 0 unspecified atom stereocenters. The van der Waals surface area contributed by atoms with E-state index in [2.05, 4.69) is 52.4 Å². The fourth-order valence-electron chi connectivity index (χ4n) is 6.56. The number of amides is 2. The van der Waals surface area contributed by atoms with E-state index in [9.17, 15) is 18.0 Å². The number of halogens is 3. The molecule has 0 aromatic heterocycles. The first-order valence-electron chi connectivity index (χ1n) is 13.9. The zero-order valence-corrected chi connectivity index (χ0v) is 22.1. The summed E-state index contributed by atoms with van der Waals surface area (Å²) in [5.74, 6) is -1.75. The van der Waals surface area contributed by atoms with E-state index in [1.54, 1.807) is 0 Å². The molecule has 4 fully saturated rings. The van der Waals surface area contributed by atoms with Crippen molar-refractivity contribution in [1.29, 1.82) is 0 Å². The molecule has 10 heteroatoms. The van der Waals surface area contributed by atoms with E-state index in [-0.39, 0.29) is 11.6 Å². The van der Waals surface area contributed by atoms with Gasteiger partial charge in [-0.2, -0.15) is 13.2 Å². The molecule has 2 heterocycles. The first kappa shape index (κ1) is 28.4. The van der Waals surface area contributed by atoms with Crippen molar-refractivity contribution in [2.75, 3.05) is 6.54 Å². The smallest absolute Gasteiger partial charge is 0.475 e. The first-order valence-corrected chi connectivity index (χ1v) is 13.9. The van der Waals surface area contributed by atoms with E-state index in [0.717, 1.165) is 44.6 Å². The van der Waals surface area contributed by atoms with Crippen LogP contribution in [-0.4, -0.2) is 69.1 Å². The second-order valence-corrected chi connectivity index (χ2v) is 11.1. The van der Waals surface area contributed by atoms with Gasteiger partial charge >= 0.3 is 18.2 Å². The number of aliphatic imine (C=N–C) groups is 1. The minimum Gasteiger partial charge on any atom is -0.475 e. The zero-order chi connectivity index (χ0) is 27.3. The second kappa shape index (κ2) is 12.1. The lowest BCUT2D eigenvalue weighted by molar-refractivity contribution is -0.192. The number of carboxylic acid groups (broad SMARTS) is 1. The summed E-state index contributed by atoms with van der Waals surface area (Å²) in [7, 11) is 0. The lowest BCUT2D eigenvalue weighted by Gasteiger charge is -2.49. The number of carboxylic acids is 1. The number of amidine groups is 1. The van der Waals surface area contributed by atoms with E-state index >= 15 is 0 Å². The summed E-state index contributed by atoms with van der Waals surface area (Å²) in [5.41, 5.74) is 1.14. The molecule has 38 heavy (non-hydrogen) atoms. The average Bonchev–Trinajstić information content (AvgIpc) is 3.48. The molecule has 7 nitrogen and oxygen atoms in total. The predicted octanol–water partition coefficient (Wildman–Crippen LogP) is 5.74. The molecule has 0 bridgehead atoms. The number of aliphatic carboxylic acids is 1. The third-order valence-electron chi connectivity index (χ3n) is 8.46. The number of nitrogens with one attached hydrogen (secondary N) is 1. The lowest BCUT2D eigenvalue weighted by atomic mass is 9.80. The summed E-state index contributed by atoms with van der Waals surface area (Å²) < 4.78 is 31.7. The van der Waals surface area contributed by atoms with E-state index in [4.69, 9.17) is 14.9 Å². The van der Waals surface area contributed by atoms with E-state index in [1.807, 2.05) is 0 Å². The molecule has 1 aromatic rings. The molecule has 2 aliphatic heterocycles. The number of carbonyl (C=O) groups excluding carboxylic acids is 1. The number of piperidine rings is 1. The molecule has 4 aliphatic rings. The Kier molecular flexibility index (Phi) is 9.00. The lowest BCUT2D eigenvalue weighted by Crippen LogP contribution is -2.61. The van der Waals surface area contributed by atoms with Crippen LogP contribution in [0, 0.1) is 0 Å². The highest BCUT2D eigenvalue weighted by atomic mass is 19.4. The molecule has 2 saturated carbocycles. The number of rotatable bonds is 4. The van der Waals surface area contributed by atoms with Gasteiger partial charge in [-0.1, -0.05) is 62.4 Å². The molecule has 1 spiro atoms. The highest BCUT2D eigenvalue weighted by Gasteiger charge is 2.56. The number of hydrogen-bond acceptors (Lipinski definition) is 4. The third kappa shape index (κ3) is 6.50. The second-order valence-electron chi connectivity index (χ2n) is 11.1. The maximum Gasteiger partial charge on any atom is 0.490 e. The van der Waals surface area contributed by atoms with Crippen LogP contribution >= 0.6 is 0 Å². The Morgan fingerprint density at radius 3 is 2.26 bits per heavy atom. The maximum absolute atomic E-state index is 13.3. The van der Waals surface area contributed by atoms with Crippen molar-refractivity contribution >= 4 is 17.8 Å². The van der Waals surface area contributed by atoms with Gasteiger partial charge in [0.15, 0.2) is 0 Å². The van der Waals surface area contributed by atoms with E-state index in [1.165, 1.54) is 50.5 Å². The zero-order valence-electron chi connectivity index (χ0n) is 22.1. The summed E-state index contributed by atoms with van der Waals surface area (Å²) in [6, 6.07) is 12.1. The fourth-order valence-corrected chi connectivity index (χ4v) is 6.56. The Morgan fingerprint density at radius 2 is 1.68 bits per heavy atom. The molecule has 2 atom stereocenters. The largest absolute Gasteiger partial charge is 0.490 e. The van der Waals surface area contributed by atoms with Crippen LogP contribution < -0.4 is 5.32 Å². The summed E-state index contributed by atoms with van der Waals surface area (Å²) in [5, 5.41) is 10.4. The molecule has 2 saturated heterocycles. The van der Waals surface area contributed by atoms with Crippen LogP contribution in [0.1, 0.15) is 83.1 Å². The molecule has 5 rings (SSSR count). The van der Waals surface area contributed by atoms with Gasteiger partial charge in [-0.3, -0.25) is 15.2 Å². The highest BCUT2D eigenvalue weighted by molar-refractivity contribution is 6.10. The number of urea groups is 1. The highest BCUT2D eigenvalue weighted by Crippen LogP contribution is 2.42. The first-order chi connectivity index (χ1) is 18.1. The molecule has 210 valence electrons. The van der Waals surface area contributed by atoms with Crippen LogP contribution in [0.3, 0.4) is 0 Å². The molecular formula is C28H39F3N4O3. The number of likely N-dealkylation sites (tertiary alicyclic amines) is 1. The van der Waals surface area contributed by atoms with E-state index in [0.29, 0.717) is 18.1 Å². The van der Waals surface area contributed by atoms with Gasteiger partial charge in [-0.25, -0.2) is 9.59 Å². The quantitative estimate of drug-likeness (QED) is 0.514. The van der Waals surface area contributed by atoms with Crippen molar-refractivity contribution < 1.29 is 27.9 Å². The van der Waals surface area contributed by atoms with E-state index < -0.39 is 12.1 Å². The SMILES string of the molecule is C[C@@H]1C[C@@]2(CCN1Cc1ccccc1)C(=NC1CCCCC1)NC(=O)N2C1CCCC1.O=C(O)C(F)(F)F. The van der Waals surface area contributed by atoms with Gasteiger partial charge in [-0.15, -0.1) is 0 Å². The van der Waals surface area contributed by atoms with Crippen molar-refractivity contribution in [3.05, 3.63) is 35.9 Å². The van der Waals surface area contributed by atoms with Gasteiger partial charge in [0.2, 0.25) is 0 Å². The Morgan fingerprint density at radius 1 is 1.08 bits per heavy atom. The summed E-state index contributed by atoms with van der Waals surface area (Å²) in [4.78, 5) is 32.3. The van der Waals surface area contributed by atoms with Crippen LogP contribution in [0.15, 0.2) is 35.3 Å². The molecule has 2 aliphatic carbocycles. The normalized spacial score (nSPS) is 28.4. The van der Waals surface area contributed by atoms with Gasteiger partial charge in [0.25, 0.3) is 0 Å². The van der Waals surface area contributed by atoms with Crippen molar-refractivity contribution in [2.24, 2.45) is 4.99 Å². The van der Waals surface area contributed by atoms with Crippen LogP contribution in [0.25, 0.3) is 0 Å². The van der Waals surface area contributed by atoms with Gasteiger partial charge in [0.05, 0.1) is 6.04 Å². The van der Waals surface area contributed by atoms with Crippen LogP contribution in [0.5, 0.6) is 0 Å². The minimum atomic E-state index is -5.08. The minimum absolute atomic E-state index is 0.116. The Labute approximate surface area is 222 Å². The Bertz CT molecular complexity index is 991. The third-order valence-corrected chi connectivity index (χ3v) is 8.46. The predicted molar refractivity (Wildman–Crippen MR) is 139 cm³/mol. The number of alkyl halides is 3. The molecule has 2 N–H and O–H groups in total. The van der Waals surface area contributed by atoms with Gasteiger partial charge in [0.1, 0.15) is 11.4 Å². The monoisotopic (exact) mass is 536 g/mol. The number of carbonyl (C=O) groups is 2. The van der Waals surface area contributed by atoms with Crippen molar-refractivity contribution in [2.45, 2.75) is 114 Å². The molecule has 0 radical (unpaired) electrons. The van der Waals surface area contributed by atoms with Crippen LogP contribution in [0.2, 0.25) is 0 Å². The molecule has 2 amide bonds.